The first-order valence-corrected chi connectivity index (χ1v) is 4.38. The molecule has 3 N–H and O–H groups in total. The first-order chi connectivity index (χ1) is 5.83. The normalized spacial score (nSPS) is 26.8. The largest absolute Gasteiger partial charge is 0.324 e. The Labute approximate surface area is 74.2 Å². The number of hydrogen-bond acceptors (Lipinski definition) is 2. The van der Waals surface area contributed by atoms with Crippen molar-refractivity contribution in [1.82, 2.24) is 0 Å². The number of anilines is 1. The van der Waals surface area contributed by atoms with Gasteiger partial charge in [0.1, 0.15) is 0 Å². The molecule has 1 saturated carbocycles. The molecular weight excluding hydrogens is 148 g/mol. The summed E-state index contributed by atoms with van der Waals surface area (Å²) >= 11 is 0. The molecule has 1 fully saturated rings. The van der Waals surface area contributed by atoms with Crippen LogP contribution in [-0.2, 0) is 0 Å². The van der Waals surface area contributed by atoms with Crippen molar-refractivity contribution >= 4 is 5.69 Å². The Balaban J connectivity index is 0.000000845. The van der Waals surface area contributed by atoms with Gasteiger partial charge in [-0.25, -0.2) is 0 Å². The first-order valence-electron chi connectivity index (χ1n) is 4.38. The molecule has 1 aliphatic rings. The summed E-state index contributed by atoms with van der Waals surface area (Å²) in [6, 6.07) is 8.26. The van der Waals surface area contributed by atoms with Crippen LogP contribution in [0.15, 0.2) is 24.3 Å². The summed E-state index contributed by atoms with van der Waals surface area (Å²) in [6.07, 6.45) is 1.30. The number of para-hydroxylation sites is 1. The van der Waals surface area contributed by atoms with Crippen LogP contribution in [0.2, 0.25) is 0 Å². The summed E-state index contributed by atoms with van der Waals surface area (Å²) in [6.45, 7) is 2.28. The van der Waals surface area contributed by atoms with Gasteiger partial charge in [0.05, 0.1) is 5.69 Å². The molecule has 12 heavy (non-hydrogen) atoms. The third kappa shape index (κ3) is 1.18. The molecule has 0 heterocycles. The van der Waals surface area contributed by atoms with Crippen LogP contribution in [0.25, 0.3) is 0 Å². The van der Waals surface area contributed by atoms with E-state index < -0.39 is 0 Å². The van der Waals surface area contributed by atoms with E-state index in [4.69, 9.17) is 5.84 Å². The van der Waals surface area contributed by atoms with Crippen molar-refractivity contribution in [3.8, 4) is 0 Å². The molecule has 0 saturated heterocycles. The fourth-order valence-corrected chi connectivity index (χ4v) is 1.71. The summed E-state index contributed by atoms with van der Waals surface area (Å²) in [5, 5.41) is 0. The van der Waals surface area contributed by atoms with Crippen LogP contribution in [0.1, 0.15) is 26.3 Å². The summed E-state index contributed by atoms with van der Waals surface area (Å²) in [7, 11) is 0. The fourth-order valence-electron chi connectivity index (χ4n) is 1.71. The van der Waals surface area contributed by atoms with Gasteiger partial charge in [-0.3, -0.25) is 5.84 Å². The number of rotatable bonds is 2. The highest BCUT2D eigenvalue weighted by Gasteiger charge is 2.35. The predicted octanol–water partition coefficient (Wildman–Crippen LogP) is 2.34. The Morgan fingerprint density at radius 3 is 2.75 bits per heavy atom. The van der Waals surface area contributed by atoms with Gasteiger partial charge in [-0.1, -0.05) is 25.1 Å². The van der Waals surface area contributed by atoms with Gasteiger partial charge in [-0.2, -0.15) is 0 Å². The third-order valence-electron chi connectivity index (χ3n) is 2.63. The average molecular weight is 164 g/mol. The van der Waals surface area contributed by atoms with Gasteiger partial charge in [0.15, 0.2) is 0 Å². The van der Waals surface area contributed by atoms with Crippen LogP contribution >= 0.6 is 0 Å². The Morgan fingerprint density at radius 2 is 2.17 bits per heavy atom. The molecule has 0 bridgehead atoms. The Hall–Kier alpha value is -1.02. The number of nitrogens with two attached hydrogens (primary N) is 1. The van der Waals surface area contributed by atoms with E-state index in [1.807, 2.05) is 12.1 Å². The van der Waals surface area contributed by atoms with Gasteiger partial charge in [0.25, 0.3) is 0 Å². The zero-order chi connectivity index (χ0) is 8.55. The molecule has 0 amide bonds. The summed E-state index contributed by atoms with van der Waals surface area (Å²) in [5.41, 5.74) is 5.18. The minimum atomic E-state index is 0. The minimum absolute atomic E-state index is 0. The molecule has 0 aliphatic heterocycles. The van der Waals surface area contributed by atoms with Gasteiger partial charge in [0, 0.05) is 1.43 Å². The van der Waals surface area contributed by atoms with Crippen LogP contribution in [0.3, 0.4) is 0 Å². The minimum Gasteiger partial charge on any atom is -0.324 e. The van der Waals surface area contributed by atoms with Crippen LogP contribution in [0.4, 0.5) is 5.69 Å². The highest BCUT2D eigenvalue weighted by molar-refractivity contribution is 5.53. The van der Waals surface area contributed by atoms with Crippen molar-refractivity contribution in [2.45, 2.75) is 19.3 Å². The molecule has 66 valence electrons. The molecular formula is C10H16N2. The van der Waals surface area contributed by atoms with Crippen molar-refractivity contribution < 1.29 is 1.43 Å². The van der Waals surface area contributed by atoms with E-state index in [1.54, 1.807) is 0 Å². The Bertz CT molecular complexity index is 288. The van der Waals surface area contributed by atoms with Crippen LogP contribution in [0, 0.1) is 5.92 Å². The molecule has 2 rings (SSSR count). The third-order valence-corrected chi connectivity index (χ3v) is 2.63. The lowest BCUT2D eigenvalue weighted by Gasteiger charge is -2.06. The molecule has 1 aromatic carbocycles. The second-order valence-electron chi connectivity index (χ2n) is 3.55. The van der Waals surface area contributed by atoms with E-state index in [0.29, 0.717) is 0 Å². The standard InChI is InChI=1S/C10H14N2.H2/c1-7-6-9(7)8-4-2-3-5-10(8)12-11;/h2-5,7,9,12H,6,11H2,1H3;1H. The molecule has 2 atom stereocenters. The number of hydrogen-bond donors (Lipinski definition) is 2. The summed E-state index contributed by atoms with van der Waals surface area (Å²) in [5.74, 6) is 6.98. The van der Waals surface area contributed by atoms with Crippen molar-refractivity contribution in [1.29, 1.82) is 0 Å². The predicted molar refractivity (Wildman–Crippen MR) is 52.9 cm³/mol. The average Bonchev–Trinajstić information content (AvgIpc) is 2.83. The number of nitrogens with one attached hydrogen (secondary N) is 1. The lowest BCUT2D eigenvalue weighted by atomic mass is 10.1. The molecule has 2 unspecified atom stereocenters. The summed E-state index contributed by atoms with van der Waals surface area (Å²) in [4.78, 5) is 0. The zero-order valence-corrected chi connectivity index (χ0v) is 7.25. The summed E-state index contributed by atoms with van der Waals surface area (Å²) < 4.78 is 0. The quantitative estimate of drug-likeness (QED) is 0.520. The molecule has 0 spiro atoms. The van der Waals surface area contributed by atoms with Crippen molar-refractivity contribution in [3.05, 3.63) is 29.8 Å². The molecule has 0 aromatic heterocycles. The molecule has 2 heteroatoms. The highest BCUT2D eigenvalue weighted by Crippen LogP contribution is 2.48. The fraction of sp³-hybridized carbons (Fsp3) is 0.400. The van der Waals surface area contributed by atoms with Crippen LogP contribution < -0.4 is 11.3 Å². The first kappa shape index (κ1) is 7.62. The van der Waals surface area contributed by atoms with Crippen molar-refractivity contribution in [2.24, 2.45) is 11.8 Å². The second-order valence-corrected chi connectivity index (χ2v) is 3.55. The van der Waals surface area contributed by atoms with Crippen LogP contribution in [-0.4, -0.2) is 0 Å². The molecule has 2 nitrogen and oxygen atoms in total. The van der Waals surface area contributed by atoms with E-state index in [2.05, 4.69) is 24.5 Å². The van der Waals surface area contributed by atoms with Gasteiger partial charge in [0.2, 0.25) is 0 Å². The smallest absolute Gasteiger partial charge is 0.0519 e. The Kier molecular flexibility index (Phi) is 1.77. The van der Waals surface area contributed by atoms with Crippen molar-refractivity contribution in [2.75, 3.05) is 5.43 Å². The van der Waals surface area contributed by atoms with Crippen LogP contribution in [0.5, 0.6) is 0 Å². The zero-order valence-electron chi connectivity index (χ0n) is 7.25. The number of benzene rings is 1. The highest BCUT2D eigenvalue weighted by atomic mass is 15.2. The second kappa shape index (κ2) is 2.79. The SMILES string of the molecule is CC1CC1c1ccccc1NN.[HH]. The lowest BCUT2D eigenvalue weighted by Crippen LogP contribution is -2.08. The maximum Gasteiger partial charge on any atom is 0.0519 e. The van der Waals surface area contributed by atoms with Gasteiger partial charge in [-0.05, 0) is 29.9 Å². The van der Waals surface area contributed by atoms with Crippen molar-refractivity contribution in [3.63, 3.8) is 0 Å². The van der Waals surface area contributed by atoms with E-state index in [1.165, 1.54) is 12.0 Å². The maximum atomic E-state index is 5.41. The molecule has 1 aliphatic carbocycles. The van der Waals surface area contributed by atoms with Gasteiger partial charge >= 0.3 is 0 Å². The number of nitrogen functional groups attached to an aromatic ring is 1. The lowest BCUT2D eigenvalue weighted by molar-refractivity contribution is 0.914. The topological polar surface area (TPSA) is 38.0 Å². The monoisotopic (exact) mass is 164 g/mol. The van der Waals surface area contributed by atoms with E-state index in [0.717, 1.165) is 17.5 Å². The molecule has 1 aromatic rings. The van der Waals surface area contributed by atoms with E-state index >= 15 is 0 Å². The number of hydrazine groups is 1. The van der Waals surface area contributed by atoms with E-state index in [9.17, 15) is 0 Å². The van der Waals surface area contributed by atoms with Gasteiger partial charge in [-0.15, -0.1) is 0 Å². The maximum absolute atomic E-state index is 5.41. The Morgan fingerprint density at radius 1 is 1.50 bits per heavy atom. The van der Waals surface area contributed by atoms with Gasteiger partial charge < -0.3 is 5.43 Å². The van der Waals surface area contributed by atoms with E-state index in [-0.39, 0.29) is 1.43 Å². The molecule has 0 radical (unpaired) electrons.